The molecule has 0 bridgehead atoms. The predicted octanol–water partition coefficient (Wildman–Crippen LogP) is 8.18. The van der Waals surface area contributed by atoms with Crippen LogP contribution in [0.25, 0.3) is 0 Å². The molecule has 0 radical (unpaired) electrons. The average Bonchev–Trinajstić information content (AvgIpc) is 2.65. The molecule has 4 nitrogen and oxygen atoms in total. The largest absolute Gasteiger partial charge is 0.436 e. The normalized spacial score (nSPS) is 12.0. The minimum absolute atomic E-state index is 0.0687. The number of nitrogens with zero attached hydrogens (tertiary/aromatic N) is 2. The molecule has 1 heterocycles. The van der Waals surface area contributed by atoms with Crippen LogP contribution in [0.15, 0.2) is 57.7 Å². The zero-order chi connectivity index (χ0) is 22.1. The average molecular weight is 534 g/mol. The first-order valence-electron chi connectivity index (χ1n) is 9.71. The molecule has 6 heteroatoms. The quantitative estimate of drug-likeness (QED) is 0.339. The van der Waals surface area contributed by atoms with Crippen LogP contribution in [0.5, 0.6) is 23.3 Å². The topological polar surface area (TPSA) is 44.2 Å². The first-order valence-corrected chi connectivity index (χ1v) is 11.3. The Morgan fingerprint density at radius 1 is 0.633 bits per heavy atom. The lowest BCUT2D eigenvalue weighted by atomic mass is 9.87. The zero-order valence-corrected chi connectivity index (χ0v) is 21.3. The van der Waals surface area contributed by atoms with Gasteiger partial charge in [-0.15, -0.1) is 0 Å². The molecule has 1 aromatic heterocycles. The Bertz CT molecular complexity index is 952. The van der Waals surface area contributed by atoms with Gasteiger partial charge in [0.25, 0.3) is 0 Å². The van der Waals surface area contributed by atoms with Crippen molar-refractivity contribution < 1.29 is 9.47 Å². The van der Waals surface area contributed by atoms with Crippen molar-refractivity contribution in [2.75, 3.05) is 0 Å². The summed E-state index contributed by atoms with van der Waals surface area (Å²) in [4.78, 5) is 8.65. The molecule has 0 saturated heterocycles. The molecule has 0 unspecified atom stereocenters. The third-order valence-corrected chi connectivity index (χ3v) is 5.87. The van der Waals surface area contributed by atoms with Gasteiger partial charge in [-0.1, -0.05) is 53.7 Å². The zero-order valence-electron chi connectivity index (χ0n) is 18.1. The summed E-state index contributed by atoms with van der Waals surface area (Å²) in [5.74, 6) is 2.17. The molecule has 30 heavy (non-hydrogen) atoms. The van der Waals surface area contributed by atoms with E-state index in [0.717, 1.165) is 8.95 Å². The van der Waals surface area contributed by atoms with Gasteiger partial charge in [0.1, 0.15) is 11.5 Å². The number of ether oxygens (including phenoxy) is 2. The summed E-state index contributed by atoms with van der Waals surface area (Å²) in [6, 6.07) is 12.1. The Balaban J connectivity index is 1.72. The van der Waals surface area contributed by atoms with Crippen LogP contribution in [0.4, 0.5) is 0 Å². The Morgan fingerprint density at radius 3 is 1.27 bits per heavy atom. The maximum absolute atomic E-state index is 5.87. The molecule has 0 atom stereocenters. The fourth-order valence-electron chi connectivity index (χ4n) is 2.74. The van der Waals surface area contributed by atoms with Crippen LogP contribution < -0.4 is 9.47 Å². The van der Waals surface area contributed by atoms with Crippen molar-refractivity contribution in [1.29, 1.82) is 0 Å². The fourth-order valence-corrected chi connectivity index (χ4v) is 3.65. The summed E-state index contributed by atoms with van der Waals surface area (Å²) in [6.07, 6.45) is 3.10. The maximum atomic E-state index is 5.87. The number of hydrogen-bond acceptors (Lipinski definition) is 4. The smallest absolute Gasteiger partial charge is 0.238 e. The van der Waals surface area contributed by atoms with Gasteiger partial charge in [-0.2, -0.15) is 0 Å². The SMILES string of the molecule is CC(C)(C)c1ccc(Oc2cnc(Oc3ccc(C(C)(C)C)cc3Br)cn2)c(Br)c1. The second-order valence-electron chi connectivity index (χ2n) is 9.19. The summed E-state index contributed by atoms with van der Waals surface area (Å²) in [5.41, 5.74) is 2.58. The lowest BCUT2D eigenvalue weighted by Crippen LogP contribution is -2.10. The molecule has 0 aliphatic heterocycles. The van der Waals surface area contributed by atoms with E-state index in [1.165, 1.54) is 11.1 Å². The molecule has 3 rings (SSSR count). The van der Waals surface area contributed by atoms with Crippen molar-refractivity contribution in [2.24, 2.45) is 0 Å². The molecule has 0 saturated carbocycles. The molecule has 0 amide bonds. The Morgan fingerprint density at radius 2 is 1.00 bits per heavy atom. The first kappa shape index (κ1) is 22.8. The molecule has 0 aliphatic rings. The van der Waals surface area contributed by atoms with Crippen molar-refractivity contribution in [3.8, 4) is 23.3 Å². The van der Waals surface area contributed by atoms with Crippen molar-refractivity contribution in [3.05, 3.63) is 68.9 Å². The molecule has 0 aliphatic carbocycles. The summed E-state index contributed by atoms with van der Waals surface area (Å²) >= 11 is 7.16. The monoisotopic (exact) mass is 532 g/mol. The third kappa shape index (κ3) is 5.61. The van der Waals surface area contributed by atoms with E-state index < -0.39 is 0 Å². The molecule has 0 N–H and O–H groups in total. The van der Waals surface area contributed by atoms with Crippen LogP contribution in [0, 0.1) is 0 Å². The maximum Gasteiger partial charge on any atom is 0.238 e. The van der Waals surface area contributed by atoms with Crippen LogP contribution in [0.2, 0.25) is 0 Å². The van der Waals surface area contributed by atoms with E-state index in [9.17, 15) is 0 Å². The minimum atomic E-state index is 0.0687. The van der Waals surface area contributed by atoms with Gasteiger partial charge in [0.2, 0.25) is 11.8 Å². The van der Waals surface area contributed by atoms with Gasteiger partial charge in [-0.3, -0.25) is 0 Å². The molecule has 158 valence electrons. The fraction of sp³-hybridized carbons (Fsp3) is 0.333. The van der Waals surface area contributed by atoms with Gasteiger partial charge in [-0.25, -0.2) is 9.97 Å². The van der Waals surface area contributed by atoms with E-state index in [4.69, 9.17) is 9.47 Å². The van der Waals surface area contributed by atoms with E-state index >= 15 is 0 Å². The number of aromatic nitrogens is 2. The summed E-state index contributed by atoms with van der Waals surface area (Å²) < 4.78 is 13.5. The van der Waals surface area contributed by atoms with E-state index in [1.54, 1.807) is 12.4 Å². The van der Waals surface area contributed by atoms with E-state index in [1.807, 2.05) is 12.1 Å². The standard InChI is InChI=1S/C24H26Br2N2O2/c1-23(2,3)15-7-9-19(17(25)11-15)29-21-13-28-22(14-27-21)30-20-10-8-16(12-18(20)26)24(4,5)6/h7-14H,1-6H3. The van der Waals surface area contributed by atoms with Crippen molar-refractivity contribution in [1.82, 2.24) is 9.97 Å². The lowest BCUT2D eigenvalue weighted by Gasteiger charge is -2.20. The number of rotatable bonds is 4. The van der Waals surface area contributed by atoms with Crippen molar-refractivity contribution >= 4 is 31.9 Å². The van der Waals surface area contributed by atoms with Gasteiger partial charge in [0, 0.05) is 0 Å². The summed E-state index contributed by atoms with van der Waals surface area (Å²) in [7, 11) is 0. The van der Waals surface area contributed by atoms with Crippen LogP contribution in [0.3, 0.4) is 0 Å². The van der Waals surface area contributed by atoms with Gasteiger partial charge >= 0.3 is 0 Å². The highest BCUT2D eigenvalue weighted by Crippen LogP contribution is 2.35. The first-order chi connectivity index (χ1) is 13.9. The highest BCUT2D eigenvalue weighted by Gasteiger charge is 2.17. The van der Waals surface area contributed by atoms with E-state index in [0.29, 0.717) is 23.3 Å². The van der Waals surface area contributed by atoms with Gasteiger partial charge < -0.3 is 9.47 Å². The Hall–Kier alpha value is -1.92. The van der Waals surface area contributed by atoms with Crippen LogP contribution in [-0.4, -0.2) is 9.97 Å². The summed E-state index contributed by atoms with van der Waals surface area (Å²) in [5, 5.41) is 0. The highest BCUT2D eigenvalue weighted by molar-refractivity contribution is 9.10. The van der Waals surface area contributed by atoms with E-state index in [2.05, 4.69) is 108 Å². The van der Waals surface area contributed by atoms with E-state index in [-0.39, 0.29) is 10.8 Å². The molecular weight excluding hydrogens is 508 g/mol. The van der Waals surface area contributed by atoms with Gasteiger partial charge in [0.05, 0.1) is 21.3 Å². The van der Waals surface area contributed by atoms with Gasteiger partial charge in [0.15, 0.2) is 0 Å². The van der Waals surface area contributed by atoms with Crippen LogP contribution in [0.1, 0.15) is 52.7 Å². The molecular formula is C24H26Br2N2O2. The Labute approximate surface area is 195 Å². The van der Waals surface area contributed by atoms with Gasteiger partial charge in [-0.05, 0) is 78.1 Å². The Kier molecular flexibility index (Phi) is 6.58. The lowest BCUT2D eigenvalue weighted by molar-refractivity contribution is 0.432. The summed E-state index contributed by atoms with van der Waals surface area (Å²) in [6.45, 7) is 13.1. The molecule has 3 aromatic rings. The number of hydrogen-bond donors (Lipinski definition) is 0. The molecule has 2 aromatic carbocycles. The highest BCUT2D eigenvalue weighted by atomic mass is 79.9. The predicted molar refractivity (Wildman–Crippen MR) is 128 cm³/mol. The molecule has 0 spiro atoms. The van der Waals surface area contributed by atoms with Crippen molar-refractivity contribution in [3.63, 3.8) is 0 Å². The van der Waals surface area contributed by atoms with Crippen LogP contribution in [-0.2, 0) is 10.8 Å². The van der Waals surface area contributed by atoms with Crippen LogP contribution >= 0.6 is 31.9 Å². The van der Waals surface area contributed by atoms with Crippen molar-refractivity contribution in [2.45, 2.75) is 52.4 Å². The number of benzene rings is 2. The minimum Gasteiger partial charge on any atom is -0.436 e. The third-order valence-electron chi connectivity index (χ3n) is 4.63. The second-order valence-corrected chi connectivity index (χ2v) is 10.9. The second kappa shape index (κ2) is 8.67. The molecule has 0 fully saturated rings. The number of halogens is 2.